The first kappa shape index (κ1) is 13.6. The van der Waals surface area contributed by atoms with E-state index in [0.717, 1.165) is 11.0 Å². The Labute approximate surface area is 126 Å². The number of imidazole rings is 1. The Morgan fingerprint density at radius 2 is 1.90 bits per heavy atom. The molecular formula is C16H13ClN2O2. The molecule has 0 bridgehead atoms. The highest BCUT2D eigenvalue weighted by atomic mass is 35.5. The predicted molar refractivity (Wildman–Crippen MR) is 82.5 cm³/mol. The molecule has 2 aromatic carbocycles. The molecule has 0 aliphatic heterocycles. The van der Waals surface area contributed by atoms with E-state index in [9.17, 15) is 4.79 Å². The molecule has 0 fully saturated rings. The van der Waals surface area contributed by atoms with E-state index in [-0.39, 0.29) is 5.56 Å². The number of hydrogen-bond donors (Lipinski definition) is 1. The van der Waals surface area contributed by atoms with Crippen LogP contribution in [-0.2, 0) is 0 Å². The number of aromatic nitrogens is 2. The second kappa shape index (κ2) is 4.90. The third kappa shape index (κ3) is 2.28. The predicted octanol–water partition coefficient (Wildman–Crippen LogP) is 3.99. The van der Waals surface area contributed by atoms with Crippen LogP contribution in [0, 0.1) is 13.8 Å². The standard InChI is InChI=1S/C16H13ClN2O2/c1-9-5-13-15(6-10(9)2)19(8-18-13)14-4-3-11(16(20)21)7-12(14)17/h3-8H,1-2H3,(H,20,21). The maximum atomic E-state index is 11.0. The highest BCUT2D eigenvalue weighted by Gasteiger charge is 2.12. The van der Waals surface area contributed by atoms with Gasteiger partial charge in [-0.1, -0.05) is 11.6 Å². The van der Waals surface area contributed by atoms with Gasteiger partial charge in [-0.25, -0.2) is 9.78 Å². The highest BCUT2D eigenvalue weighted by Crippen LogP contribution is 2.27. The van der Waals surface area contributed by atoms with Crippen LogP contribution in [0.4, 0.5) is 0 Å². The van der Waals surface area contributed by atoms with Gasteiger partial charge in [-0.3, -0.25) is 4.57 Å². The molecule has 0 spiro atoms. The largest absolute Gasteiger partial charge is 0.478 e. The van der Waals surface area contributed by atoms with Crippen molar-refractivity contribution in [3.63, 3.8) is 0 Å². The van der Waals surface area contributed by atoms with E-state index in [1.807, 2.05) is 24.5 Å². The Balaban J connectivity index is 2.21. The molecule has 4 nitrogen and oxygen atoms in total. The van der Waals surface area contributed by atoms with Crippen molar-refractivity contribution in [2.45, 2.75) is 13.8 Å². The van der Waals surface area contributed by atoms with Gasteiger partial charge in [0.25, 0.3) is 0 Å². The number of carboxylic acid groups (broad SMARTS) is 1. The van der Waals surface area contributed by atoms with Gasteiger partial charge in [-0.2, -0.15) is 0 Å². The van der Waals surface area contributed by atoms with Crippen LogP contribution >= 0.6 is 11.6 Å². The molecule has 0 unspecified atom stereocenters. The van der Waals surface area contributed by atoms with Gasteiger partial charge < -0.3 is 5.11 Å². The fourth-order valence-electron chi connectivity index (χ4n) is 2.29. The average Bonchev–Trinajstić information content (AvgIpc) is 2.82. The van der Waals surface area contributed by atoms with Crippen LogP contribution in [0.15, 0.2) is 36.7 Å². The summed E-state index contributed by atoms with van der Waals surface area (Å²) >= 11 is 6.22. The lowest BCUT2D eigenvalue weighted by Crippen LogP contribution is -1.99. The molecule has 0 atom stereocenters. The Hall–Kier alpha value is -2.33. The highest BCUT2D eigenvalue weighted by molar-refractivity contribution is 6.32. The number of nitrogens with zero attached hydrogens (tertiary/aromatic N) is 2. The number of aryl methyl sites for hydroxylation is 2. The minimum Gasteiger partial charge on any atom is -0.478 e. The van der Waals surface area contributed by atoms with Crippen LogP contribution in [-0.4, -0.2) is 20.6 Å². The Morgan fingerprint density at radius 1 is 1.19 bits per heavy atom. The summed E-state index contributed by atoms with van der Waals surface area (Å²) < 4.78 is 1.87. The molecule has 0 amide bonds. The molecule has 1 aromatic heterocycles. The lowest BCUT2D eigenvalue weighted by molar-refractivity contribution is 0.0697. The van der Waals surface area contributed by atoms with Crippen molar-refractivity contribution in [1.29, 1.82) is 0 Å². The summed E-state index contributed by atoms with van der Waals surface area (Å²) in [4.78, 5) is 15.4. The number of aromatic carboxylic acids is 1. The minimum absolute atomic E-state index is 0.167. The molecule has 21 heavy (non-hydrogen) atoms. The first-order chi connectivity index (χ1) is 9.97. The number of carbonyl (C=O) groups is 1. The molecule has 1 heterocycles. The van der Waals surface area contributed by atoms with Gasteiger partial charge in [-0.05, 0) is 55.3 Å². The van der Waals surface area contributed by atoms with Crippen molar-refractivity contribution in [2.75, 3.05) is 0 Å². The average molecular weight is 301 g/mol. The molecule has 0 saturated carbocycles. The molecule has 5 heteroatoms. The summed E-state index contributed by atoms with van der Waals surface area (Å²) in [5.74, 6) is -0.995. The van der Waals surface area contributed by atoms with E-state index >= 15 is 0 Å². The van der Waals surface area contributed by atoms with E-state index in [4.69, 9.17) is 16.7 Å². The molecule has 0 radical (unpaired) electrons. The van der Waals surface area contributed by atoms with Crippen molar-refractivity contribution in [3.8, 4) is 5.69 Å². The number of fused-ring (bicyclic) bond motifs is 1. The number of halogens is 1. The molecule has 106 valence electrons. The number of rotatable bonds is 2. The van der Waals surface area contributed by atoms with Crippen LogP contribution in [0.1, 0.15) is 21.5 Å². The summed E-state index contributed by atoms with van der Waals surface area (Å²) in [7, 11) is 0. The van der Waals surface area contributed by atoms with Crippen molar-refractivity contribution in [2.24, 2.45) is 0 Å². The summed E-state index contributed by atoms with van der Waals surface area (Å²) in [6.07, 6.45) is 1.70. The van der Waals surface area contributed by atoms with E-state index in [1.54, 1.807) is 12.4 Å². The minimum atomic E-state index is -0.995. The van der Waals surface area contributed by atoms with Crippen LogP contribution in [0.25, 0.3) is 16.7 Å². The molecule has 1 N–H and O–H groups in total. The second-order valence-electron chi connectivity index (χ2n) is 5.01. The van der Waals surface area contributed by atoms with Crippen molar-refractivity contribution in [1.82, 2.24) is 9.55 Å². The van der Waals surface area contributed by atoms with Crippen LogP contribution in [0.2, 0.25) is 5.02 Å². The van der Waals surface area contributed by atoms with Gasteiger partial charge in [0.2, 0.25) is 0 Å². The first-order valence-electron chi connectivity index (χ1n) is 6.45. The zero-order valence-electron chi connectivity index (χ0n) is 11.6. The zero-order chi connectivity index (χ0) is 15.1. The Morgan fingerprint density at radius 3 is 2.57 bits per heavy atom. The van der Waals surface area contributed by atoms with Crippen molar-refractivity contribution in [3.05, 3.63) is 58.4 Å². The van der Waals surface area contributed by atoms with Crippen molar-refractivity contribution < 1.29 is 9.90 Å². The third-order valence-corrected chi connectivity index (χ3v) is 3.92. The summed E-state index contributed by atoms with van der Waals surface area (Å²) in [6.45, 7) is 4.09. The fraction of sp³-hybridized carbons (Fsp3) is 0.125. The summed E-state index contributed by atoms with van der Waals surface area (Å²) in [5.41, 5.74) is 5.06. The van der Waals surface area contributed by atoms with Gasteiger partial charge in [0.05, 0.1) is 27.3 Å². The maximum absolute atomic E-state index is 11.0. The van der Waals surface area contributed by atoms with Gasteiger partial charge in [0.15, 0.2) is 0 Å². The van der Waals surface area contributed by atoms with Crippen LogP contribution in [0.5, 0.6) is 0 Å². The van der Waals surface area contributed by atoms with Gasteiger partial charge >= 0.3 is 5.97 Å². The lowest BCUT2D eigenvalue weighted by atomic mass is 10.1. The van der Waals surface area contributed by atoms with Crippen molar-refractivity contribution >= 4 is 28.6 Å². The SMILES string of the molecule is Cc1cc2ncn(-c3ccc(C(=O)O)cc3Cl)c2cc1C. The summed E-state index contributed by atoms with van der Waals surface area (Å²) in [5, 5.41) is 9.37. The number of benzene rings is 2. The monoisotopic (exact) mass is 300 g/mol. The topological polar surface area (TPSA) is 55.1 Å². The normalized spacial score (nSPS) is 11.0. The van der Waals surface area contributed by atoms with E-state index < -0.39 is 5.97 Å². The smallest absolute Gasteiger partial charge is 0.335 e. The molecule has 0 saturated heterocycles. The van der Waals surface area contributed by atoms with Gasteiger partial charge in [0, 0.05) is 0 Å². The van der Waals surface area contributed by atoms with E-state index in [1.165, 1.54) is 23.3 Å². The third-order valence-electron chi connectivity index (χ3n) is 3.62. The zero-order valence-corrected chi connectivity index (χ0v) is 12.3. The molecule has 3 aromatic rings. The quantitative estimate of drug-likeness (QED) is 0.778. The molecular weight excluding hydrogens is 288 g/mol. The van der Waals surface area contributed by atoms with E-state index in [2.05, 4.69) is 11.1 Å². The Kier molecular flexibility index (Phi) is 3.18. The molecule has 0 aliphatic carbocycles. The Bertz CT molecular complexity index is 868. The van der Waals surface area contributed by atoms with Gasteiger partial charge in [-0.15, -0.1) is 0 Å². The molecule has 3 rings (SSSR count). The van der Waals surface area contributed by atoms with Crippen LogP contribution in [0.3, 0.4) is 0 Å². The maximum Gasteiger partial charge on any atom is 0.335 e. The molecule has 0 aliphatic rings. The lowest BCUT2D eigenvalue weighted by Gasteiger charge is -2.09. The number of carboxylic acids is 1. The first-order valence-corrected chi connectivity index (χ1v) is 6.82. The fourth-order valence-corrected chi connectivity index (χ4v) is 2.56. The second-order valence-corrected chi connectivity index (χ2v) is 5.42. The number of hydrogen-bond acceptors (Lipinski definition) is 2. The van der Waals surface area contributed by atoms with E-state index in [0.29, 0.717) is 10.7 Å². The van der Waals surface area contributed by atoms with Crippen LogP contribution < -0.4 is 0 Å². The van der Waals surface area contributed by atoms with Gasteiger partial charge in [0.1, 0.15) is 6.33 Å². The summed E-state index contributed by atoms with van der Waals surface area (Å²) in [6, 6.07) is 8.77.